The summed E-state index contributed by atoms with van der Waals surface area (Å²) in [5.74, 6) is 0.216. The summed E-state index contributed by atoms with van der Waals surface area (Å²) >= 11 is 0. The lowest BCUT2D eigenvalue weighted by molar-refractivity contribution is 0.0988. The maximum absolute atomic E-state index is 14.0. The van der Waals surface area contributed by atoms with Gasteiger partial charge in [0.25, 0.3) is 12.3 Å². The topological polar surface area (TPSA) is 108 Å². The lowest BCUT2D eigenvalue weighted by Gasteiger charge is -2.32. The van der Waals surface area contributed by atoms with Gasteiger partial charge >= 0.3 is 0 Å². The second-order valence-corrected chi connectivity index (χ2v) is 12.1. The number of carbonyl (C=O) groups is 1. The summed E-state index contributed by atoms with van der Waals surface area (Å²) in [5, 5.41) is 14.6. The zero-order chi connectivity index (χ0) is 29.3. The van der Waals surface area contributed by atoms with Crippen molar-refractivity contribution in [3.8, 4) is 0 Å². The number of hydrogen-bond acceptors (Lipinski definition) is 9. The van der Waals surface area contributed by atoms with Crippen LogP contribution in [0.15, 0.2) is 24.7 Å². The maximum atomic E-state index is 14.0. The molecule has 3 aromatic rings. The number of aromatic nitrogens is 5. The van der Waals surface area contributed by atoms with Crippen LogP contribution in [0.2, 0.25) is 0 Å². The highest BCUT2D eigenvalue weighted by Gasteiger charge is 2.39. The molecule has 4 aliphatic rings. The van der Waals surface area contributed by atoms with Crippen LogP contribution in [0.3, 0.4) is 0 Å². The van der Waals surface area contributed by atoms with Gasteiger partial charge in [0.2, 0.25) is 0 Å². The summed E-state index contributed by atoms with van der Waals surface area (Å²) < 4.78 is 36.9. The molecule has 0 spiro atoms. The van der Waals surface area contributed by atoms with Crippen LogP contribution in [0, 0.1) is 0 Å². The van der Waals surface area contributed by atoms with Crippen molar-refractivity contribution in [2.75, 3.05) is 75.7 Å². The number of nitrogens with zero attached hydrogens (tertiary/aromatic N) is 8. The summed E-state index contributed by atoms with van der Waals surface area (Å²) in [7, 11) is 0. The molecule has 12 nitrogen and oxygen atoms in total. The Morgan fingerprint density at radius 3 is 2.56 bits per heavy atom. The molecule has 0 saturated carbocycles. The highest BCUT2D eigenvalue weighted by molar-refractivity contribution is 6.08. The Labute approximate surface area is 249 Å². The maximum Gasteiger partial charge on any atom is 0.284 e. The zero-order valence-corrected chi connectivity index (χ0v) is 24.4. The molecule has 14 heteroatoms. The van der Waals surface area contributed by atoms with Gasteiger partial charge in [-0.15, -0.1) is 0 Å². The molecule has 4 saturated heterocycles. The van der Waals surface area contributed by atoms with E-state index in [9.17, 15) is 13.6 Å². The third-order valence-electron chi connectivity index (χ3n) is 9.35. The van der Waals surface area contributed by atoms with Gasteiger partial charge in [0.1, 0.15) is 11.4 Å². The fraction of sp³-hybridized carbons (Fsp3) is 0.655. The number of carbonyl (C=O) groups excluding carboxylic acids is 1. The predicted octanol–water partition coefficient (Wildman–Crippen LogP) is 2.42. The van der Waals surface area contributed by atoms with Crippen molar-refractivity contribution in [2.24, 2.45) is 0 Å². The Morgan fingerprint density at radius 2 is 1.86 bits per heavy atom. The molecule has 0 radical (unpaired) electrons. The predicted molar refractivity (Wildman–Crippen MR) is 157 cm³/mol. The first-order chi connectivity index (χ1) is 21.0. The molecule has 0 aliphatic carbocycles. The third-order valence-corrected chi connectivity index (χ3v) is 9.35. The van der Waals surface area contributed by atoms with E-state index in [0.29, 0.717) is 12.3 Å². The van der Waals surface area contributed by atoms with Gasteiger partial charge in [-0.1, -0.05) is 0 Å². The normalized spacial score (nSPS) is 23.7. The molecular formula is C29H40F2N10O2. The number of halogens is 2. The van der Waals surface area contributed by atoms with Crippen LogP contribution in [0.25, 0.3) is 5.65 Å². The van der Waals surface area contributed by atoms with E-state index in [0.717, 1.165) is 90.4 Å². The molecule has 3 aromatic heterocycles. The van der Waals surface area contributed by atoms with E-state index in [1.807, 2.05) is 6.07 Å². The van der Waals surface area contributed by atoms with Crippen molar-refractivity contribution in [3.63, 3.8) is 0 Å². The molecule has 0 unspecified atom stereocenters. The van der Waals surface area contributed by atoms with Gasteiger partial charge in [0, 0.05) is 58.2 Å². The molecule has 4 fully saturated rings. The molecule has 2 bridgehead atoms. The number of nitrogens with one attached hydrogen (secondary N) is 2. The average molecular weight is 599 g/mol. The summed E-state index contributed by atoms with van der Waals surface area (Å²) in [6.45, 7) is 9.87. The van der Waals surface area contributed by atoms with E-state index in [1.54, 1.807) is 17.1 Å². The van der Waals surface area contributed by atoms with E-state index in [1.165, 1.54) is 17.1 Å². The molecule has 4 aliphatic heterocycles. The second-order valence-electron chi connectivity index (χ2n) is 12.1. The number of piperazine rings is 1. The highest BCUT2D eigenvalue weighted by atomic mass is 19.3. The van der Waals surface area contributed by atoms with Gasteiger partial charge in [-0.2, -0.15) is 10.2 Å². The summed E-state index contributed by atoms with van der Waals surface area (Å²) in [6.07, 6.45) is 7.13. The Bertz CT molecular complexity index is 1420. The van der Waals surface area contributed by atoms with Crippen molar-refractivity contribution in [1.82, 2.24) is 39.5 Å². The van der Waals surface area contributed by atoms with Crippen LogP contribution in [0.5, 0.6) is 0 Å². The second kappa shape index (κ2) is 12.4. The van der Waals surface area contributed by atoms with E-state index < -0.39 is 18.0 Å². The Morgan fingerprint density at radius 1 is 1.09 bits per heavy atom. The Hall–Kier alpha value is -3.20. The van der Waals surface area contributed by atoms with Crippen LogP contribution < -0.4 is 15.5 Å². The van der Waals surface area contributed by atoms with Crippen LogP contribution >= 0.6 is 0 Å². The number of morpholine rings is 1. The number of ether oxygens (including phenoxy) is 1. The number of amides is 1. The number of fused-ring (bicyclic) bond motifs is 3. The van der Waals surface area contributed by atoms with Gasteiger partial charge in [0.15, 0.2) is 11.3 Å². The SMILES string of the molecule is O=C(Nc1cn(C2CCN(CCCCN3CCNCC3)CC2)nc1C(F)F)c1cnn2ccc(N3C[C@H]4C[C@@H]3CO4)nc12. The standard InChI is InChI=1S/C29H40F2N10O2/c30-27(31)26-24(18-41(36-26)20-3-10-37(11-4-20)8-1-2-9-38-13-6-32-7-14-38)34-29(42)23-16-33-40-12-5-25(35-28(23)40)39-17-22-15-21(39)19-43-22/h5,12,16,18,20-22,27,32H,1-4,6-11,13-15,17,19H2,(H,34,42)/t21-,22-/m1/s1. The number of rotatable bonds is 10. The van der Waals surface area contributed by atoms with Crippen LogP contribution in [0.1, 0.15) is 60.6 Å². The molecule has 43 heavy (non-hydrogen) atoms. The first-order valence-corrected chi connectivity index (χ1v) is 15.6. The molecule has 0 aromatic carbocycles. The minimum absolute atomic E-state index is 0.0150. The minimum atomic E-state index is -2.81. The average Bonchev–Trinajstić information content (AvgIpc) is 3.84. The summed E-state index contributed by atoms with van der Waals surface area (Å²) in [5.41, 5.74) is 0.215. The van der Waals surface area contributed by atoms with Crippen LogP contribution in [-0.2, 0) is 4.74 Å². The van der Waals surface area contributed by atoms with Crippen LogP contribution in [0.4, 0.5) is 20.3 Å². The van der Waals surface area contributed by atoms with Gasteiger partial charge in [-0.3, -0.25) is 9.48 Å². The van der Waals surface area contributed by atoms with E-state index in [4.69, 9.17) is 9.72 Å². The number of unbranched alkanes of at least 4 members (excludes halogenated alkanes) is 1. The van der Waals surface area contributed by atoms with Gasteiger partial charge < -0.3 is 30.1 Å². The van der Waals surface area contributed by atoms with E-state index >= 15 is 0 Å². The van der Waals surface area contributed by atoms with Crippen molar-refractivity contribution in [1.29, 1.82) is 0 Å². The van der Waals surface area contributed by atoms with Gasteiger partial charge in [0.05, 0.1) is 36.7 Å². The zero-order valence-electron chi connectivity index (χ0n) is 24.4. The van der Waals surface area contributed by atoms with Gasteiger partial charge in [-0.05, 0) is 51.3 Å². The first kappa shape index (κ1) is 28.6. The Balaban J connectivity index is 0.971. The largest absolute Gasteiger partial charge is 0.374 e. The minimum Gasteiger partial charge on any atom is -0.374 e. The highest BCUT2D eigenvalue weighted by Crippen LogP contribution is 2.33. The molecule has 7 rings (SSSR count). The fourth-order valence-electron chi connectivity index (χ4n) is 6.91. The Kier molecular flexibility index (Phi) is 8.25. The van der Waals surface area contributed by atoms with E-state index in [-0.39, 0.29) is 29.4 Å². The number of anilines is 2. The van der Waals surface area contributed by atoms with Crippen molar-refractivity contribution in [2.45, 2.75) is 56.7 Å². The monoisotopic (exact) mass is 598 g/mol. The molecule has 1 amide bonds. The van der Waals surface area contributed by atoms with Gasteiger partial charge in [-0.25, -0.2) is 18.3 Å². The lowest BCUT2D eigenvalue weighted by Crippen LogP contribution is -2.43. The van der Waals surface area contributed by atoms with Crippen molar-refractivity contribution in [3.05, 3.63) is 35.9 Å². The smallest absolute Gasteiger partial charge is 0.284 e. The summed E-state index contributed by atoms with van der Waals surface area (Å²) in [6, 6.07) is 2.16. The molecule has 2 N–H and O–H groups in total. The van der Waals surface area contributed by atoms with Crippen LogP contribution in [-0.4, -0.2) is 118 Å². The molecule has 232 valence electrons. The molecule has 2 atom stereocenters. The van der Waals surface area contributed by atoms with Crippen molar-refractivity contribution >= 4 is 23.1 Å². The molecule has 7 heterocycles. The lowest BCUT2D eigenvalue weighted by atomic mass is 10.0. The first-order valence-electron chi connectivity index (χ1n) is 15.6. The quantitative estimate of drug-likeness (QED) is 0.340. The van der Waals surface area contributed by atoms with Crippen molar-refractivity contribution < 1.29 is 18.3 Å². The number of alkyl halides is 2. The third kappa shape index (κ3) is 6.10. The number of piperidine rings is 1. The number of likely N-dealkylation sites (tertiary alicyclic amines) is 1. The number of hydrogen-bond donors (Lipinski definition) is 2. The molecular weight excluding hydrogens is 558 g/mol. The summed E-state index contributed by atoms with van der Waals surface area (Å²) in [4.78, 5) is 25.2. The fourth-order valence-corrected chi connectivity index (χ4v) is 6.91. The van der Waals surface area contributed by atoms with E-state index in [2.05, 4.69) is 35.5 Å².